The lowest BCUT2D eigenvalue weighted by Crippen LogP contribution is -2.27. The van der Waals surface area contributed by atoms with Gasteiger partial charge in [-0.3, -0.25) is 9.00 Å². The zero-order valence-corrected chi connectivity index (χ0v) is 8.65. The third-order valence-corrected chi connectivity index (χ3v) is 2.73. The van der Waals surface area contributed by atoms with E-state index in [0.717, 1.165) is 6.42 Å². The van der Waals surface area contributed by atoms with Gasteiger partial charge in [-0.15, -0.1) is 0 Å². The molecule has 72 valence electrons. The molecule has 0 amide bonds. The third kappa shape index (κ3) is 3.85. The van der Waals surface area contributed by atoms with Gasteiger partial charge in [0.25, 0.3) is 0 Å². The molecule has 0 aromatic heterocycles. The van der Waals surface area contributed by atoms with Crippen molar-refractivity contribution < 1.29 is 13.7 Å². The summed E-state index contributed by atoms with van der Waals surface area (Å²) < 4.78 is 15.8. The lowest BCUT2D eigenvalue weighted by atomic mass is 10.2. The van der Waals surface area contributed by atoms with Crippen LogP contribution in [0.4, 0.5) is 0 Å². The van der Waals surface area contributed by atoms with Crippen LogP contribution in [0.15, 0.2) is 0 Å². The van der Waals surface area contributed by atoms with Gasteiger partial charge in [0.1, 0.15) is 5.25 Å². The monoisotopic (exact) mass is 192 g/mol. The Kier molecular flexibility index (Phi) is 5.98. The van der Waals surface area contributed by atoms with Crippen LogP contribution in [0.2, 0.25) is 0 Å². The molecule has 0 aliphatic rings. The van der Waals surface area contributed by atoms with E-state index in [-0.39, 0.29) is 5.97 Å². The van der Waals surface area contributed by atoms with Crippen molar-refractivity contribution in [2.24, 2.45) is 0 Å². The third-order valence-electron chi connectivity index (χ3n) is 1.50. The number of rotatable bonds is 5. The Labute approximate surface area is 75.9 Å². The van der Waals surface area contributed by atoms with Gasteiger partial charge in [-0.1, -0.05) is 13.3 Å². The molecule has 0 saturated heterocycles. The fraction of sp³-hybridized carbons (Fsp3) is 0.875. The first-order chi connectivity index (χ1) is 5.63. The van der Waals surface area contributed by atoms with E-state index in [1.807, 2.05) is 6.92 Å². The molecule has 2 unspecified atom stereocenters. The van der Waals surface area contributed by atoms with E-state index in [4.69, 9.17) is 4.74 Å². The SMILES string of the molecule is CCCC(C(=O)OCC)S(C)=O. The Balaban J connectivity index is 4.09. The van der Waals surface area contributed by atoms with E-state index in [2.05, 4.69) is 0 Å². The summed E-state index contributed by atoms with van der Waals surface area (Å²) in [6, 6.07) is 0. The molecule has 0 fully saturated rings. The molecule has 0 aliphatic heterocycles. The van der Waals surface area contributed by atoms with Crippen molar-refractivity contribution in [1.82, 2.24) is 0 Å². The number of hydrogen-bond donors (Lipinski definition) is 0. The molecule has 0 aromatic carbocycles. The maximum absolute atomic E-state index is 11.2. The summed E-state index contributed by atoms with van der Waals surface area (Å²) in [5.74, 6) is -0.333. The number of hydrogen-bond acceptors (Lipinski definition) is 3. The van der Waals surface area contributed by atoms with Crippen LogP contribution in [0.3, 0.4) is 0 Å². The summed E-state index contributed by atoms with van der Waals surface area (Å²) in [6.45, 7) is 4.06. The zero-order valence-electron chi connectivity index (χ0n) is 7.83. The lowest BCUT2D eigenvalue weighted by molar-refractivity contribution is -0.142. The topological polar surface area (TPSA) is 43.4 Å². The van der Waals surface area contributed by atoms with Crippen molar-refractivity contribution in [2.75, 3.05) is 12.9 Å². The molecule has 0 N–H and O–H groups in total. The summed E-state index contributed by atoms with van der Waals surface area (Å²) in [5.41, 5.74) is 0. The highest BCUT2D eigenvalue weighted by molar-refractivity contribution is 7.85. The second-order valence-electron chi connectivity index (χ2n) is 2.53. The van der Waals surface area contributed by atoms with E-state index in [9.17, 15) is 9.00 Å². The van der Waals surface area contributed by atoms with Crippen molar-refractivity contribution in [1.29, 1.82) is 0 Å². The van der Waals surface area contributed by atoms with Gasteiger partial charge in [0.05, 0.1) is 6.61 Å². The van der Waals surface area contributed by atoms with E-state index in [1.54, 1.807) is 6.92 Å². The molecule has 0 saturated carbocycles. The van der Waals surface area contributed by atoms with Crippen LogP contribution in [-0.2, 0) is 20.3 Å². The number of carbonyl (C=O) groups excluding carboxylic acids is 1. The van der Waals surface area contributed by atoms with Crippen molar-refractivity contribution in [3.8, 4) is 0 Å². The minimum atomic E-state index is -1.11. The van der Waals surface area contributed by atoms with Gasteiger partial charge in [0, 0.05) is 17.1 Å². The predicted molar refractivity (Wildman–Crippen MR) is 49.4 cm³/mol. The van der Waals surface area contributed by atoms with E-state index in [0.29, 0.717) is 13.0 Å². The molecule has 3 nitrogen and oxygen atoms in total. The van der Waals surface area contributed by atoms with E-state index >= 15 is 0 Å². The normalized spacial score (nSPS) is 15.2. The van der Waals surface area contributed by atoms with Gasteiger partial charge in [0.15, 0.2) is 0 Å². The Morgan fingerprint density at radius 2 is 2.08 bits per heavy atom. The van der Waals surface area contributed by atoms with Gasteiger partial charge in [0.2, 0.25) is 0 Å². The van der Waals surface area contributed by atoms with Crippen molar-refractivity contribution in [3.63, 3.8) is 0 Å². The van der Waals surface area contributed by atoms with Crippen LogP contribution in [0.5, 0.6) is 0 Å². The smallest absolute Gasteiger partial charge is 0.321 e. The van der Waals surface area contributed by atoms with Crippen LogP contribution < -0.4 is 0 Å². The first-order valence-electron chi connectivity index (χ1n) is 4.12. The standard InChI is InChI=1S/C8H16O3S/c1-4-6-7(12(3)10)8(9)11-5-2/h7H,4-6H2,1-3H3. The average molecular weight is 192 g/mol. The van der Waals surface area contributed by atoms with Crippen LogP contribution in [0.1, 0.15) is 26.7 Å². The second-order valence-corrected chi connectivity index (χ2v) is 4.09. The molecule has 0 heterocycles. The Hall–Kier alpha value is -0.380. The minimum Gasteiger partial charge on any atom is -0.465 e. The molecule has 0 bridgehead atoms. The number of carbonyl (C=O) groups is 1. The molecule has 4 heteroatoms. The molecule has 0 radical (unpaired) electrons. The maximum atomic E-state index is 11.2. The molecule has 0 spiro atoms. The van der Waals surface area contributed by atoms with Crippen LogP contribution in [0.25, 0.3) is 0 Å². The van der Waals surface area contributed by atoms with Gasteiger partial charge in [-0.2, -0.15) is 0 Å². The second kappa shape index (κ2) is 6.17. The molecule has 0 aromatic rings. The molecular weight excluding hydrogens is 176 g/mol. The van der Waals surface area contributed by atoms with Gasteiger partial charge < -0.3 is 4.74 Å². The number of ether oxygens (including phenoxy) is 1. The highest BCUT2D eigenvalue weighted by atomic mass is 32.2. The molecule has 2 atom stereocenters. The highest BCUT2D eigenvalue weighted by Crippen LogP contribution is 2.05. The predicted octanol–water partition coefficient (Wildman–Crippen LogP) is 1.10. The van der Waals surface area contributed by atoms with Crippen molar-refractivity contribution >= 4 is 16.8 Å². The Morgan fingerprint density at radius 1 is 1.50 bits per heavy atom. The van der Waals surface area contributed by atoms with Gasteiger partial charge in [-0.25, -0.2) is 0 Å². The average Bonchev–Trinajstić information content (AvgIpc) is 1.99. The largest absolute Gasteiger partial charge is 0.465 e. The van der Waals surface area contributed by atoms with E-state index < -0.39 is 16.0 Å². The zero-order chi connectivity index (χ0) is 9.56. The molecule has 0 aliphatic carbocycles. The fourth-order valence-corrected chi connectivity index (χ4v) is 1.82. The maximum Gasteiger partial charge on any atom is 0.321 e. The van der Waals surface area contributed by atoms with Crippen LogP contribution >= 0.6 is 0 Å². The first kappa shape index (κ1) is 11.6. The van der Waals surface area contributed by atoms with Crippen LogP contribution in [0, 0.1) is 0 Å². The van der Waals surface area contributed by atoms with E-state index in [1.165, 1.54) is 6.26 Å². The summed E-state index contributed by atoms with van der Waals surface area (Å²) in [6.07, 6.45) is 3.03. The summed E-state index contributed by atoms with van der Waals surface area (Å²) >= 11 is 0. The minimum absolute atomic E-state index is 0.333. The highest BCUT2D eigenvalue weighted by Gasteiger charge is 2.22. The van der Waals surface area contributed by atoms with Gasteiger partial charge >= 0.3 is 5.97 Å². The lowest BCUT2D eigenvalue weighted by Gasteiger charge is -2.10. The summed E-state index contributed by atoms with van der Waals surface area (Å²) in [4.78, 5) is 11.2. The molecule has 12 heavy (non-hydrogen) atoms. The van der Waals surface area contributed by atoms with Gasteiger partial charge in [-0.05, 0) is 13.3 Å². The molecule has 0 rings (SSSR count). The number of esters is 1. The Morgan fingerprint density at radius 3 is 2.42 bits per heavy atom. The first-order valence-corrected chi connectivity index (χ1v) is 5.74. The summed E-state index contributed by atoms with van der Waals surface area (Å²) in [7, 11) is -1.11. The van der Waals surface area contributed by atoms with Crippen LogP contribution in [-0.4, -0.2) is 28.3 Å². The van der Waals surface area contributed by atoms with Crippen molar-refractivity contribution in [3.05, 3.63) is 0 Å². The fourth-order valence-electron chi connectivity index (χ4n) is 0.917. The quantitative estimate of drug-likeness (QED) is 0.613. The summed E-state index contributed by atoms with van der Waals surface area (Å²) in [5, 5.41) is -0.435. The van der Waals surface area contributed by atoms with Crippen molar-refractivity contribution in [2.45, 2.75) is 31.9 Å². The molecular formula is C8H16O3S. The Bertz CT molecular complexity index is 168.